The quantitative estimate of drug-likeness (QED) is 0.335. The van der Waals surface area contributed by atoms with Crippen molar-refractivity contribution in [3.63, 3.8) is 0 Å². The smallest absolute Gasteiger partial charge is 0.258 e. The molecule has 0 bridgehead atoms. The molecule has 20 heavy (non-hydrogen) atoms. The molecular weight excluding hydrogens is 282 g/mol. The van der Waals surface area contributed by atoms with Crippen LogP contribution in [-0.2, 0) is 15.8 Å². The predicted molar refractivity (Wildman–Crippen MR) is 71.7 cm³/mol. The van der Waals surface area contributed by atoms with E-state index < -0.39 is 27.2 Å². The van der Waals surface area contributed by atoms with E-state index in [0.29, 0.717) is 0 Å². The number of para-hydroxylation sites is 1. The maximum absolute atomic E-state index is 12.1. The van der Waals surface area contributed by atoms with E-state index in [4.69, 9.17) is 11.7 Å². The highest BCUT2D eigenvalue weighted by atomic mass is 32.2. The SMILES string of the molecule is C#CCN(CC#N)S(=O)(=O)Cc1ccccc1[N+](=O)[O-]. The van der Waals surface area contributed by atoms with Gasteiger partial charge in [-0.25, -0.2) is 8.42 Å². The summed E-state index contributed by atoms with van der Waals surface area (Å²) >= 11 is 0. The number of benzene rings is 1. The van der Waals surface area contributed by atoms with Gasteiger partial charge in [0.05, 0.1) is 23.3 Å². The van der Waals surface area contributed by atoms with Gasteiger partial charge in [-0.2, -0.15) is 9.57 Å². The van der Waals surface area contributed by atoms with Gasteiger partial charge < -0.3 is 0 Å². The van der Waals surface area contributed by atoms with E-state index in [0.717, 1.165) is 4.31 Å². The third-order valence-corrected chi connectivity index (χ3v) is 4.16. The van der Waals surface area contributed by atoms with E-state index in [9.17, 15) is 18.5 Å². The van der Waals surface area contributed by atoms with E-state index in [-0.39, 0.29) is 17.8 Å². The van der Waals surface area contributed by atoms with Crippen LogP contribution in [0.15, 0.2) is 24.3 Å². The fraction of sp³-hybridized carbons (Fsp3) is 0.250. The minimum absolute atomic E-state index is 0.0532. The molecule has 0 aromatic heterocycles. The molecule has 0 saturated carbocycles. The Hall–Kier alpha value is -2.42. The Morgan fingerprint density at radius 1 is 1.35 bits per heavy atom. The molecule has 7 nitrogen and oxygen atoms in total. The first kappa shape index (κ1) is 15.6. The van der Waals surface area contributed by atoms with Crippen LogP contribution in [0.25, 0.3) is 0 Å². The molecule has 104 valence electrons. The molecule has 0 amide bonds. The Morgan fingerprint density at radius 2 is 2.00 bits per heavy atom. The van der Waals surface area contributed by atoms with E-state index in [1.165, 1.54) is 24.3 Å². The van der Waals surface area contributed by atoms with Crippen LogP contribution in [0.4, 0.5) is 5.69 Å². The predicted octanol–water partition coefficient (Wildman–Crippen LogP) is 0.883. The van der Waals surface area contributed by atoms with Crippen LogP contribution in [0.5, 0.6) is 0 Å². The normalized spacial score (nSPS) is 10.8. The van der Waals surface area contributed by atoms with Crippen molar-refractivity contribution in [1.82, 2.24) is 4.31 Å². The molecule has 0 aliphatic heterocycles. The van der Waals surface area contributed by atoms with Crippen molar-refractivity contribution in [2.45, 2.75) is 5.75 Å². The summed E-state index contributed by atoms with van der Waals surface area (Å²) in [6.45, 7) is -0.649. The Balaban J connectivity index is 3.11. The number of nitriles is 1. The highest BCUT2D eigenvalue weighted by molar-refractivity contribution is 7.88. The van der Waals surface area contributed by atoms with Crippen LogP contribution >= 0.6 is 0 Å². The van der Waals surface area contributed by atoms with Crippen molar-refractivity contribution in [2.75, 3.05) is 13.1 Å². The van der Waals surface area contributed by atoms with Gasteiger partial charge in [0.15, 0.2) is 0 Å². The maximum atomic E-state index is 12.1. The molecular formula is C12H11N3O4S. The second-order valence-corrected chi connectivity index (χ2v) is 5.74. The summed E-state index contributed by atoms with van der Waals surface area (Å²) in [5.41, 5.74) is -0.230. The first-order valence-corrected chi connectivity index (χ1v) is 7.04. The lowest BCUT2D eigenvalue weighted by Gasteiger charge is -2.16. The molecule has 0 unspecified atom stereocenters. The van der Waals surface area contributed by atoms with Crippen molar-refractivity contribution < 1.29 is 13.3 Å². The van der Waals surface area contributed by atoms with Crippen molar-refractivity contribution in [3.8, 4) is 18.4 Å². The van der Waals surface area contributed by atoms with Gasteiger partial charge in [-0.15, -0.1) is 6.42 Å². The van der Waals surface area contributed by atoms with Crippen molar-refractivity contribution >= 4 is 15.7 Å². The summed E-state index contributed by atoms with van der Waals surface area (Å²) < 4.78 is 25.0. The van der Waals surface area contributed by atoms with Gasteiger partial charge >= 0.3 is 0 Å². The van der Waals surface area contributed by atoms with Gasteiger partial charge in [0.25, 0.3) is 5.69 Å². The summed E-state index contributed by atoms with van der Waals surface area (Å²) in [6.07, 6.45) is 5.05. The molecule has 0 aliphatic carbocycles. The number of sulfonamides is 1. The molecule has 0 atom stereocenters. The fourth-order valence-electron chi connectivity index (χ4n) is 1.53. The fourth-order valence-corrected chi connectivity index (χ4v) is 2.88. The lowest BCUT2D eigenvalue weighted by Crippen LogP contribution is -2.33. The largest absolute Gasteiger partial charge is 0.273 e. The summed E-state index contributed by atoms with van der Waals surface area (Å²) in [4.78, 5) is 10.2. The number of nitrogens with zero attached hydrogens (tertiary/aromatic N) is 3. The number of rotatable bonds is 6. The molecule has 0 aliphatic rings. The molecule has 0 fully saturated rings. The molecule has 1 rings (SSSR count). The Labute approximate surface area is 116 Å². The Morgan fingerprint density at radius 3 is 2.55 bits per heavy atom. The molecule has 1 aromatic rings. The van der Waals surface area contributed by atoms with E-state index in [2.05, 4.69) is 5.92 Å². The van der Waals surface area contributed by atoms with Gasteiger partial charge in [0.2, 0.25) is 10.0 Å². The zero-order valence-corrected chi connectivity index (χ0v) is 11.2. The summed E-state index contributed by atoms with van der Waals surface area (Å²) in [5, 5.41) is 19.4. The molecule has 0 N–H and O–H groups in total. The topological polar surface area (TPSA) is 104 Å². The van der Waals surface area contributed by atoms with Crippen molar-refractivity contribution in [1.29, 1.82) is 5.26 Å². The van der Waals surface area contributed by atoms with Crippen LogP contribution in [0.3, 0.4) is 0 Å². The zero-order valence-electron chi connectivity index (χ0n) is 10.4. The third kappa shape index (κ3) is 3.79. The van der Waals surface area contributed by atoms with Gasteiger partial charge in [-0.05, 0) is 0 Å². The molecule has 8 heteroatoms. The summed E-state index contributed by atoms with van der Waals surface area (Å²) in [7, 11) is -3.89. The standard InChI is InChI=1S/C12H11N3O4S/c1-2-8-14(9-7-13)20(18,19)10-11-5-3-4-6-12(11)15(16)17/h1,3-6H,8-10H2. The molecule has 0 radical (unpaired) electrons. The van der Waals surface area contributed by atoms with Gasteiger partial charge in [-0.3, -0.25) is 10.1 Å². The van der Waals surface area contributed by atoms with Gasteiger partial charge in [0.1, 0.15) is 6.54 Å². The van der Waals surface area contributed by atoms with E-state index >= 15 is 0 Å². The molecule has 0 spiro atoms. The number of hydrogen-bond donors (Lipinski definition) is 0. The van der Waals surface area contributed by atoms with Crippen molar-refractivity contribution in [2.24, 2.45) is 0 Å². The summed E-state index contributed by atoms with van der Waals surface area (Å²) in [6, 6.07) is 7.23. The number of nitro benzene ring substituents is 1. The molecule has 0 saturated heterocycles. The lowest BCUT2D eigenvalue weighted by atomic mass is 10.2. The highest BCUT2D eigenvalue weighted by Crippen LogP contribution is 2.21. The van der Waals surface area contributed by atoms with E-state index in [1.54, 1.807) is 6.07 Å². The first-order valence-electron chi connectivity index (χ1n) is 5.43. The monoisotopic (exact) mass is 293 g/mol. The lowest BCUT2D eigenvalue weighted by molar-refractivity contribution is -0.385. The zero-order chi connectivity index (χ0) is 15.2. The first-order chi connectivity index (χ1) is 9.42. The number of hydrogen-bond acceptors (Lipinski definition) is 5. The van der Waals surface area contributed by atoms with Crippen LogP contribution in [-0.4, -0.2) is 30.7 Å². The maximum Gasteiger partial charge on any atom is 0.273 e. The average molecular weight is 293 g/mol. The second-order valence-electron chi connectivity index (χ2n) is 3.77. The summed E-state index contributed by atoms with van der Waals surface area (Å²) in [5.74, 6) is 1.57. The highest BCUT2D eigenvalue weighted by Gasteiger charge is 2.25. The average Bonchev–Trinajstić information content (AvgIpc) is 2.38. The third-order valence-electron chi connectivity index (χ3n) is 2.43. The van der Waals surface area contributed by atoms with Gasteiger partial charge in [-0.1, -0.05) is 24.1 Å². The number of terminal acetylenes is 1. The second kappa shape index (κ2) is 6.66. The minimum atomic E-state index is -3.89. The Bertz CT molecular complexity index is 669. The number of nitro groups is 1. The minimum Gasteiger partial charge on any atom is -0.258 e. The van der Waals surface area contributed by atoms with Crippen LogP contribution < -0.4 is 0 Å². The molecule has 0 heterocycles. The van der Waals surface area contributed by atoms with Gasteiger partial charge in [0, 0.05) is 11.6 Å². The van der Waals surface area contributed by atoms with Crippen molar-refractivity contribution in [3.05, 3.63) is 39.9 Å². The van der Waals surface area contributed by atoms with E-state index in [1.807, 2.05) is 0 Å². The Kier molecular flexibility index (Phi) is 5.21. The van der Waals surface area contributed by atoms with Crippen LogP contribution in [0, 0.1) is 33.8 Å². The van der Waals surface area contributed by atoms with Crippen LogP contribution in [0.2, 0.25) is 0 Å². The molecule has 1 aromatic carbocycles. The van der Waals surface area contributed by atoms with Crippen LogP contribution in [0.1, 0.15) is 5.56 Å².